The summed E-state index contributed by atoms with van der Waals surface area (Å²) in [6.45, 7) is 3.32. The maximum absolute atomic E-state index is 5.81. The monoisotopic (exact) mass is 272 g/mol. The molecule has 94 valence electrons. The van der Waals surface area contributed by atoms with Crippen molar-refractivity contribution in [3.8, 4) is 0 Å². The molecule has 0 radical (unpaired) electrons. The number of halogens is 1. The molecule has 0 fully saturated rings. The Morgan fingerprint density at radius 1 is 1.41 bits per heavy atom. The molecule has 1 aromatic rings. The summed E-state index contributed by atoms with van der Waals surface area (Å²) >= 11 is 11.0. The summed E-state index contributed by atoms with van der Waals surface area (Å²) < 4.78 is 5.02. The summed E-state index contributed by atoms with van der Waals surface area (Å²) in [4.78, 5) is 0. The van der Waals surface area contributed by atoms with E-state index in [1.165, 1.54) is 0 Å². The smallest absolute Gasteiger partial charge is 0.166 e. The minimum Gasteiger partial charge on any atom is -0.383 e. The number of nitrogens with one attached hydrogen (secondary N) is 2. The van der Waals surface area contributed by atoms with E-state index < -0.39 is 0 Å². The molecule has 0 amide bonds. The fourth-order valence-corrected chi connectivity index (χ4v) is 1.75. The molecule has 0 aromatic heterocycles. The molecular formula is C12H17ClN2OS. The van der Waals surface area contributed by atoms with Gasteiger partial charge in [0.25, 0.3) is 0 Å². The molecule has 0 aliphatic rings. The van der Waals surface area contributed by atoms with Crippen LogP contribution in [0.15, 0.2) is 24.3 Å². The van der Waals surface area contributed by atoms with E-state index in [1.54, 1.807) is 7.11 Å². The summed E-state index contributed by atoms with van der Waals surface area (Å²) in [6.07, 6.45) is 0. The second-order valence-electron chi connectivity index (χ2n) is 3.81. The third-order valence-electron chi connectivity index (χ3n) is 2.16. The molecule has 5 heteroatoms. The van der Waals surface area contributed by atoms with E-state index in [0.29, 0.717) is 18.3 Å². The lowest BCUT2D eigenvalue weighted by molar-refractivity contribution is 0.179. The van der Waals surface area contributed by atoms with Gasteiger partial charge in [-0.2, -0.15) is 0 Å². The van der Waals surface area contributed by atoms with Gasteiger partial charge in [0.15, 0.2) is 5.11 Å². The fourth-order valence-electron chi connectivity index (χ4n) is 1.35. The zero-order valence-corrected chi connectivity index (χ0v) is 11.6. The Morgan fingerprint density at radius 3 is 2.65 bits per heavy atom. The van der Waals surface area contributed by atoms with Crippen molar-refractivity contribution in [3.05, 3.63) is 34.9 Å². The molecule has 0 saturated heterocycles. The first kappa shape index (κ1) is 14.2. The van der Waals surface area contributed by atoms with Gasteiger partial charge in [-0.05, 0) is 36.8 Å². The van der Waals surface area contributed by atoms with Crippen molar-refractivity contribution in [1.82, 2.24) is 10.6 Å². The molecule has 1 unspecified atom stereocenters. The first-order valence-corrected chi connectivity index (χ1v) is 6.18. The maximum atomic E-state index is 5.81. The second-order valence-corrected chi connectivity index (χ2v) is 4.65. The van der Waals surface area contributed by atoms with Gasteiger partial charge in [-0.15, -0.1) is 0 Å². The quantitative estimate of drug-likeness (QED) is 0.806. The standard InChI is InChI=1S/C12H17ClN2OS/c1-9(8-16-2)15-12(17)14-7-10-3-5-11(13)6-4-10/h3-6,9H,7-8H2,1-2H3,(H2,14,15,17). The maximum Gasteiger partial charge on any atom is 0.166 e. The Balaban J connectivity index is 2.30. The van der Waals surface area contributed by atoms with Crippen molar-refractivity contribution in [3.63, 3.8) is 0 Å². The molecule has 1 aromatic carbocycles. The van der Waals surface area contributed by atoms with Gasteiger partial charge in [0.1, 0.15) is 0 Å². The largest absolute Gasteiger partial charge is 0.383 e. The van der Waals surface area contributed by atoms with Gasteiger partial charge in [0, 0.05) is 24.7 Å². The van der Waals surface area contributed by atoms with Gasteiger partial charge in [-0.3, -0.25) is 0 Å². The lowest BCUT2D eigenvalue weighted by Crippen LogP contribution is -2.42. The van der Waals surface area contributed by atoms with Gasteiger partial charge in [-0.1, -0.05) is 23.7 Å². The Labute approximate surface area is 112 Å². The average molecular weight is 273 g/mol. The third-order valence-corrected chi connectivity index (χ3v) is 2.67. The lowest BCUT2D eigenvalue weighted by Gasteiger charge is -2.16. The van der Waals surface area contributed by atoms with Crippen LogP contribution < -0.4 is 10.6 Å². The summed E-state index contributed by atoms with van der Waals surface area (Å²) in [6, 6.07) is 7.86. The van der Waals surface area contributed by atoms with Crippen LogP contribution in [-0.4, -0.2) is 24.9 Å². The molecule has 2 N–H and O–H groups in total. The minimum atomic E-state index is 0.199. The molecule has 17 heavy (non-hydrogen) atoms. The van der Waals surface area contributed by atoms with Crippen LogP contribution in [0.3, 0.4) is 0 Å². The van der Waals surface area contributed by atoms with Gasteiger partial charge in [0.2, 0.25) is 0 Å². The summed E-state index contributed by atoms with van der Waals surface area (Å²) in [5, 5.41) is 7.63. The molecular weight excluding hydrogens is 256 g/mol. The predicted octanol–water partition coefficient (Wildman–Crippen LogP) is 2.34. The highest BCUT2D eigenvalue weighted by Gasteiger charge is 2.02. The lowest BCUT2D eigenvalue weighted by atomic mass is 10.2. The molecule has 1 atom stereocenters. The van der Waals surface area contributed by atoms with E-state index in [4.69, 9.17) is 28.6 Å². The first-order valence-electron chi connectivity index (χ1n) is 5.39. The number of hydrogen-bond donors (Lipinski definition) is 2. The van der Waals surface area contributed by atoms with Crippen LogP contribution in [0.2, 0.25) is 5.02 Å². The Hall–Kier alpha value is -0.840. The van der Waals surface area contributed by atoms with Gasteiger partial charge < -0.3 is 15.4 Å². The topological polar surface area (TPSA) is 33.3 Å². The zero-order chi connectivity index (χ0) is 12.7. The molecule has 0 heterocycles. The summed E-state index contributed by atoms with van der Waals surface area (Å²) in [5.74, 6) is 0. The van der Waals surface area contributed by atoms with Crippen molar-refractivity contribution < 1.29 is 4.74 Å². The summed E-state index contributed by atoms with van der Waals surface area (Å²) in [5.41, 5.74) is 1.14. The number of thiocarbonyl (C=S) groups is 1. The van der Waals surface area contributed by atoms with Crippen LogP contribution in [0, 0.1) is 0 Å². The van der Waals surface area contributed by atoms with Crippen LogP contribution in [0.5, 0.6) is 0 Å². The van der Waals surface area contributed by atoms with E-state index in [2.05, 4.69) is 10.6 Å². The van der Waals surface area contributed by atoms with Crippen LogP contribution in [0.4, 0.5) is 0 Å². The molecule has 3 nitrogen and oxygen atoms in total. The number of ether oxygens (including phenoxy) is 1. The Kier molecular flexibility index (Phi) is 6.26. The van der Waals surface area contributed by atoms with E-state index in [1.807, 2.05) is 31.2 Å². The van der Waals surface area contributed by atoms with Crippen LogP contribution >= 0.6 is 23.8 Å². The fraction of sp³-hybridized carbons (Fsp3) is 0.417. The molecule has 1 rings (SSSR count). The highest BCUT2D eigenvalue weighted by Crippen LogP contribution is 2.08. The van der Waals surface area contributed by atoms with Crippen LogP contribution in [-0.2, 0) is 11.3 Å². The molecule has 0 aliphatic heterocycles. The Morgan fingerprint density at radius 2 is 2.06 bits per heavy atom. The predicted molar refractivity (Wildman–Crippen MR) is 75.4 cm³/mol. The highest BCUT2D eigenvalue weighted by atomic mass is 35.5. The van der Waals surface area contributed by atoms with E-state index in [0.717, 1.165) is 10.6 Å². The number of rotatable bonds is 5. The van der Waals surface area contributed by atoms with Crippen molar-refractivity contribution in [2.45, 2.75) is 19.5 Å². The van der Waals surface area contributed by atoms with E-state index >= 15 is 0 Å². The minimum absolute atomic E-state index is 0.199. The SMILES string of the molecule is COCC(C)NC(=S)NCc1ccc(Cl)cc1. The van der Waals surface area contributed by atoms with Gasteiger partial charge in [-0.25, -0.2) is 0 Å². The molecule has 0 bridgehead atoms. The van der Waals surface area contributed by atoms with Crippen molar-refractivity contribution in [2.24, 2.45) is 0 Å². The molecule has 0 spiro atoms. The average Bonchev–Trinajstić information content (AvgIpc) is 2.28. The number of methoxy groups -OCH3 is 1. The molecule has 0 saturated carbocycles. The van der Waals surface area contributed by atoms with Crippen molar-refractivity contribution in [1.29, 1.82) is 0 Å². The first-order chi connectivity index (χ1) is 8.11. The highest BCUT2D eigenvalue weighted by molar-refractivity contribution is 7.80. The van der Waals surface area contributed by atoms with Crippen molar-refractivity contribution in [2.75, 3.05) is 13.7 Å². The van der Waals surface area contributed by atoms with Crippen LogP contribution in [0.25, 0.3) is 0 Å². The second kappa shape index (κ2) is 7.48. The normalized spacial score (nSPS) is 11.9. The van der Waals surface area contributed by atoms with E-state index in [9.17, 15) is 0 Å². The van der Waals surface area contributed by atoms with Gasteiger partial charge >= 0.3 is 0 Å². The van der Waals surface area contributed by atoms with Crippen LogP contribution in [0.1, 0.15) is 12.5 Å². The number of benzene rings is 1. The van der Waals surface area contributed by atoms with Gasteiger partial charge in [0.05, 0.1) is 6.61 Å². The third kappa shape index (κ3) is 5.86. The number of hydrogen-bond acceptors (Lipinski definition) is 2. The molecule has 0 aliphatic carbocycles. The summed E-state index contributed by atoms with van der Waals surface area (Å²) in [7, 11) is 1.67. The Bertz CT molecular complexity index is 356. The zero-order valence-electron chi connectivity index (χ0n) is 10.00. The van der Waals surface area contributed by atoms with E-state index in [-0.39, 0.29) is 6.04 Å². The van der Waals surface area contributed by atoms with Crippen molar-refractivity contribution >= 4 is 28.9 Å².